The highest BCUT2D eigenvalue weighted by molar-refractivity contribution is 6.34. The van der Waals surface area contributed by atoms with Crippen LogP contribution in [0.25, 0.3) is 0 Å². The maximum Gasteiger partial charge on any atom is 0.266 e. The van der Waals surface area contributed by atoms with Gasteiger partial charge in [0.25, 0.3) is 11.8 Å². The smallest absolute Gasteiger partial charge is 0.266 e. The Labute approximate surface area is 156 Å². The van der Waals surface area contributed by atoms with E-state index < -0.39 is 5.91 Å². The van der Waals surface area contributed by atoms with Crippen molar-refractivity contribution in [3.8, 4) is 11.5 Å². The highest BCUT2D eigenvalue weighted by atomic mass is 16.5. The third-order valence-corrected chi connectivity index (χ3v) is 4.43. The van der Waals surface area contributed by atoms with Gasteiger partial charge in [-0.25, -0.2) is 4.90 Å². The maximum atomic E-state index is 12.9. The molecule has 0 bridgehead atoms. The quantitative estimate of drug-likeness (QED) is 0.548. The molecular weight excluding hydrogens is 342 g/mol. The molecule has 0 atom stereocenters. The lowest BCUT2D eigenvalue weighted by molar-refractivity contribution is 0.0926. The molecule has 134 valence electrons. The molecule has 0 radical (unpaired) electrons. The van der Waals surface area contributed by atoms with Gasteiger partial charge in [0.05, 0.1) is 16.8 Å². The zero-order valence-electron chi connectivity index (χ0n) is 14.6. The molecule has 2 amide bonds. The molecule has 3 aromatic carbocycles. The van der Waals surface area contributed by atoms with E-state index in [2.05, 4.69) is 0 Å². The van der Waals surface area contributed by atoms with Gasteiger partial charge >= 0.3 is 0 Å². The van der Waals surface area contributed by atoms with E-state index in [1.54, 1.807) is 60.7 Å². The van der Waals surface area contributed by atoms with E-state index in [-0.39, 0.29) is 5.91 Å². The van der Waals surface area contributed by atoms with E-state index in [4.69, 9.17) is 16.2 Å². The van der Waals surface area contributed by atoms with Crippen LogP contribution in [-0.4, -0.2) is 11.8 Å². The SMILES string of the molecule is Cc1ccc(N)cc1N1C(=O)c2ccc(Oc3cccc(N)c3)cc2C1=O. The minimum absolute atomic E-state index is 0.295. The van der Waals surface area contributed by atoms with Crippen molar-refractivity contribution in [3.63, 3.8) is 0 Å². The molecule has 0 unspecified atom stereocenters. The van der Waals surface area contributed by atoms with Gasteiger partial charge in [-0.2, -0.15) is 0 Å². The van der Waals surface area contributed by atoms with Crippen molar-refractivity contribution in [2.24, 2.45) is 0 Å². The Kier molecular flexibility index (Phi) is 3.81. The second kappa shape index (κ2) is 6.17. The lowest BCUT2D eigenvalue weighted by Gasteiger charge is -2.17. The Morgan fingerprint density at radius 1 is 0.778 bits per heavy atom. The lowest BCUT2D eigenvalue weighted by atomic mass is 10.1. The van der Waals surface area contributed by atoms with Gasteiger partial charge in [0, 0.05) is 17.4 Å². The molecule has 0 fully saturated rings. The number of anilines is 3. The predicted molar refractivity (Wildman–Crippen MR) is 104 cm³/mol. The third kappa shape index (κ3) is 2.87. The van der Waals surface area contributed by atoms with Crippen LogP contribution in [0.15, 0.2) is 60.7 Å². The van der Waals surface area contributed by atoms with Gasteiger partial charge in [-0.3, -0.25) is 9.59 Å². The molecule has 3 aromatic rings. The number of carbonyl (C=O) groups is 2. The molecule has 27 heavy (non-hydrogen) atoms. The number of hydrogen-bond acceptors (Lipinski definition) is 5. The molecular formula is C21H17N3O3. The number of nitrogens with zero attached hydrogens (tertiary/aromatic N) is 1. The van der Waals surface area contributed by atoms with Gasteiger partial charge in [0.2, 0.25) is 0 Å². The normalized spacial score (nSPS) is 13.0. The summed E-state index contributed by atoms with van der Waals surface area (Å²) in [5.41, 5.74) is 14.5. The van der Waals surface area contributed by atoms with Crippen molar-refractivity contribution < 1.29 is 14.3 Å². The van der Waals surface area contributed by atoms with E-state index in [1.165, 1.54) is 0 Å². The van der Waals surface area contributed by atoms with Crippen LogP contribution in [0.3, 0.4) is 0 Å². The number of benzene rings is 3. The van der Waals surface area contributed by atoms with Crippen LogP contribution >= 0.6 is 0 Å². The van der Waals surface area contributed by atoms with E-state index in [1.807, 2.05) is 6.92 Å². The van der Waals surface area contributed by atoms with Gasteiger partial charge in [-0.15, -0.1) is 0 Å². The molecule has 1 aliphatic rings. The van der Waals surface area contributed by atoms with Gasteiger partial charge in [0.1, 0.15) is 11.5 Å². The zero-order chi connectivity index (χ0) is 19.1. The predicted octanol–water partition coefficient (Wildman–Crippen LogP) is 3.75. The Hall–Kier alpha value is -3.80. The fraction of sp³-hybridized carbons (Fsp3) is 0.0476. The van der Waals surface area contributed by atoms with E-state index in [9.17, 15) is 9.59 Å². The van der Waals surface area contributed by atoms with Crippen LogP contribution in [0.5, 0.6) is 11.5 Å². The molecule has 1 aliphatic heterocycles. The first-order valence-corrected chi connectivity index (χ1v) is 8.36. The number of amides is 2. The number of nitrogens with two attached hydrogens (primary N) is 2. The Bertz CT molecular complexity index is 1090. The first kappa shape index (κ1) is 16.7. The summed E-state index contributed by atoms with van der Waals surface area (Å²) >= 11 is 0. The average Bonchev–Trinajstić information content (AvgIpc) is 2.88. The van der Waals surface area contributed by atoms with Crippen molar-refractivity contribution in [1.29, 1.82) is 0 Å². The van der Waals surface area contributed by atoms with Gasteiger partial charge in [-0.05, 0) is 55.0 Å². The van der Waals surface area contributed by atoms with Crippen molar-refractivity contribution >= 4 is 28.9 Å². The summed E-state index contributed by atoms with van der Waals surface area (Å²) in [6.07, 6.45) is 0. The molecule has 4 N–H and O–H groups in total. The Morgan fingerprint density at radius 3 is 2.26 bits per heavy atom. The number of aryl methyl sites for hydroxylation is 1. The molecule has 0 aromatic heterocycles. The van der Waals surface area contributed by atoms with Gasteiger partial charge < -0.3 is 16.2 Å². The number of rotatable bonds is 3. The number of nitrogen functional groups attached to an aromatic ring is 2. The third-order valence-electron chi connectivity index (χ3n) is 4.43. The van der Waals surface area contributed by atoms with Crippen LogP contribution in [-0.2, 0) is 0 Å². The van der Waals surface area contributed by atoms with Gasteiger partial charge in [-0.1, -0.05) is 12.1 Å². The van der Waals surface area contributed by atoms with Crippen molar-refractivity contribution in [2.45, 2.75) is 6.92 Å². The number of hydrogen-bond donors (Lipinski definition) is 2. The van der Waals surface area contributed by atoms with E-state index in [0.717, 1.165) is 10.5 Å². The second-order valence-corrected chi connectivity index (χ2v) is 6.37. The van der Waals surface area contributed by atoms with Crippen molar-refractivity contribution in [1.82, 2.24) is 0 Å². The molecule has 0 aliphatic carbocycles. The summed E-state index contributed by atoms with van der Waals surface area (Å²) in [5.74, 6) is 0.225. The molecule has 6 nitrogen and oxygen atoms in total. The lowest BCUT2D eigenvalue weighted by Crippen LogP contribution is -2.30. The summed E-state index contributed by atoms with van der Waals surface area (Å²) < 4.78 is 5.77. The molecule has 0 saturated heterocycles. The van der Waals surface area contributed by atoms with Crippen LogP contribution in [0.1, 0.15) is 26.3 Å². The minimum Gasteiger partial charge on any atom is -0.457 e. The molecule has 6 heteroatoms. The molecule has 0 saturated carbocycles. The summed E-state index contributed by atoms with van der Waals surface area (Å²) in [7, 11) is 0. The minimum atomic E-state index is -0.401. The number of imide groups is 1. The van der Waals surface area contributed by atoms with Crippen molar-refractivity contribution in [3.05, 3.63) is 77.4 Å². The number of carbonyl (C=O) groups excluding carboxylic acids is 2. The second-order valence-electron chi connectivity index (χ2n) is 6.37. The molecule has 4 rings (SSSR count). The average molecular weight is 359 g/mol. The van der Waals surface area contributed by atoms with Crippen LogP contribution < -0.4 is 21.1 Å². The topological polar surface area (TPSA) is 98.7 Å². The zero-order valence-corrected chi connectivity index (χ0v) is 14.6. The van der Waals surface area contributed by atoms with Gasteiger partial charge in [0.15, 0.2) is 0 Å². The first-order valence-electron chi connectivity index (χ1n) is 8.36. The largest absolute Gasteiger partial charge is 0.457 e. The number of fused-ring (bicyclic) bond motifs is 1. The molecule has 0 spiro atoms. The fourth-order valence-electron chi connectivity index (χ4n) is 3.08. The number of ether oxygens (including phenoxy) is 1. The fourth-order valence-corrected chi connectivity index (χ4v) is 3.08. The standard InChI is InChI=1S/C21H17N3O3/c1-12-5-6-14(23)10-19(12)24-20(25)17-8-7-16(11-18(17)21(24)26)27-15-4-2-3-13(22)9-15/h2-11H,22-23H2,1H3. The maximum absolute atomic E-state index is 12.9. The first-order chi connectivity index (χ1) is 12.9. The van der Waals surface area contributed by atoms with Crippen molar-refractivity contribution in [2.75, 3.05) is 16.4 Å². The summed E-state index contributed by atoms with van der Waals surface area (Å²) in [6, 6.07) is 16.9. The van der Waals surface area contributed by atoms with E-state index in [0.29, 0.717) is 39.7 Å². The monoisotopic (exact) mass is 359 g/mol. The van der Waals surface area contributed by atoms with Crippen LogP contribution in [0.4, 0.5) is 17.1 Å². The highest BCUT2D eigenvalue weighted by Gasteiger charge is 2.37. The summed E-state index contributed by atoms with van der Waals surface area (Å²) in [4.78, 5) is 26.9. The summed E-state index contributed by atoms with van der Waals surface area (Å²) in [5, 5.41) is 0. The Balaban J connectivity index is 1.70. The summed E-state index contributed by atoms with van der Waals surface area (Å²) in [6.45, 7) is 1.83. The van der Waals surface area contributed by atoms with Crippen LogP contribution in [0.2, 0.25) is 0 Å². The highest BCUT2D eigenvalue weighted by Crippen LogP contribution is 2.34. The molecule has 1 heterocycles. The van der Waals surface area contributed by atoms with Crippen LogP contribution in [0, 0.1) is 6.92 Å². The Morgan fingerprint density at radius 2 is 1.48 bits per heavy atom. The van der Waals surface area contributed by atoms with E-state index >= 15 is 0 Å².